The molecule has 1 heterocycles. The Labute approximate surface area is 82.2 Å². The minimum Gasteiger partial charge on any atom is -0.475 e. The highest BCUT2D eigenvalue weighted by atomic mass is 16.4. The molecule has 76 valence electrons. The van der Waals surface area contributed by atoms with Crippen molar-refractivity contribution >= 4 is 11.8 Å². The van der Waals surface area contributed by atoms with Crippen molar-refractivity contribution in [2.75, 3.05) is 11.9 Å². The smallest absolute Gasteiger partial charge is 0.374 e. The first kappa shape index (κ1) is 10.4. The van der Waals surface area contributed by atoms with E-state index in [4.69, 9.17) is 5.11 Å². The van der Waals surface area contributed by atoms with Crippen molar-refractivity contribution in [1.82, 2.24) is 9.97 Å². The van der Waals surface area contributed by atoms with Crippen LogP contribution in [0.1, 0.15) is 24.5 Å². The Morgan fingerprint density at radius 1 is 1.64 bits per heavy atom. The lowest BCUT2D eigenvalue weighted by molar-refractivity contribution is 0.0683. The molecule has 0 saturated carbocycles. The lowest BCUT2D eigenvalue weighted by Crippen LogP contribution is -2.11. The number of nitrogens with zero attached hydrogens (tertiary/aromatic N) is 2. The number of carbonyl (C=O) groups is 1. The zero-order valence-corrected chi connectivity index (χ0v) is 8.19. The SMILES string of the molecule is CC(C)CNc1ccnc(C(=O)O)n1. The Morgan fingerprint density at radius 3 is 2.93 bits per heavy atom. The fourth-order valence-corrected chi connectivity index (χ4v) is 0.869. The molecule has 1 aromatic rings. The molecule has 2 N–H and O–H groups in total. The van der Waals surface area contributed by atoms with E-state index in [-0.39, 0.29) is 5.82 Å². The molecule has 1 aromatic heterocycles. The number of nitrogens with one attached hydrogen (secondary N) is 1. The molecule has 0 spiro atoms. The number of hydrogen-bond acceptors (Lipinski definition) is 4. The first-order chi connectivity index (χ1) is 6.59. The van der Waals surface area contributed by atoms with Gasteiger partial charge in [-0.05, 0) is 12.0 Å². The van der Waals surface area contributed by atoms with Crippen LogP contribution in [0.25, 0.3) is 0 Å². The second-order valence-electron chi connectivity index (χ2n) is 3.35. The molecule has 0 fully saturated rings. The van der Waals surface area contributed by atoms with Gasteiger partial charge in [0.05, 0.1) is 0 Å². The van der Waals surface area contributed by atoms with Gasteiger partial charge in [-0.25, -0.2) is 14.8 Å². The van der Waals surface area contributed by atoms with Crippen LogP contribution >= 0.6 is 0 Å². The summed E-state index contributed by atoms with van der Waals surface area (Å²) in [4.78, 5) is 18.0. The second-order valence-corrected chi connectivity index (χ2v) is 3.35. The van der Waals surface area contributed by atoms with Gasteiger partial charge in [0.1, 0.15) is 5.82 Å². The fraction of sp³-hybridized carbons (Fsp3) is 0.444. The van der Waals surface area contributed by atoms with Crippen LogP contribution in [0.5, 0.6) is 0 Å². The van der Waals surface area contributed by atoms with Gasteiger partial charge in [0.15, 0.2) is 0 Å². The number of anilines is 1. The average molecular weight is 195 g/mol. The van der Waals surface area contributed by atoms with Crippen molar-refractivity contribution in [3.05, 3.63) is 18.1 Å². The van der Waals surface area contributed by atoms with Gasteiger partial charge < -0.3 is 10.4 Å². The van der Waals surface area contributed by atoms with E-state index in [2.05, 4.69) is 29.1 Å². The van der Waals surface area contributed by atoms with Gasteiger partial charge in [-0.1, -0.05) is 13.8 Å². The highest BCUT2D eigenvalue weighted by Crippen LogP contribution is 2.03. The summed E-state index contributed by atoms with van der Waals surface area (Å²) in [7, 11) is 0. The maximum atomic E-state index is 10.5. The molecule has 14 heavy (non-hydrogen) atoms. The Bertz CT molecular complexity index is 326. The van der Waals surface area contributed by atoms with Gasteiger partial charge in [-0.2, -0.15) is 0 Å². The van der Waals surface area contributed by atoms with Crippen molar-refractivity contribution in [2.45, 2.75) is 13.8 Å². The first-order valence-electron chi connectivity index (χ1n) is 4.40. The molecule has 0 aromatic carbocycles. The van der Waals surface area contributed by atoms with Crippen LogP contribution in [0.4, 0.5) is 5.82 Å². The summed E-state index contributed by atoms with van der Waals surface area (Å²) in [6, 6.07) is 1.65. The monoisotopic (exact) mass is 195 g/mol. The Balaban J connectivity index is 2.69. The minimum absolute atomic E-state index is 0.182. The second kappa shape index (κ2) is 4.55. The van der Waals surface area contributed by atoms with Crippen molar-refractivity contribution in [3.8, 4) is 0 Å². The lowest BCUT2D eigenvalue weighted by Gasteiger charge is -2.07. The third kappa shape index (κ3) is 3.01. The summed E-state index contributed by atoms with van der Waals surface area (Å²) in [5.74, 6) is -0.263. The summed E-state index contributed by atoms with van der Waals surface area (Å²) < 4.78 is 0. The molecule has 0 amide bonds. The zero-order valence-electron chi connectivity index (χ0n) is 8.19. The number of carboxylic acid groups (broad SMARTS) is 1. The highest BCUT2D eigenvalue weighted by molar-refractivity contribution is 5.83. The predicted octanol–water partition coefficient (Wildman–Crippen LogP) is 1.24. The quantitative estimate of drug-likeness (QED) is 0.756. The van der Waals surface area contributed by atoms with E-state index >= 15 is 0 Å². The summed E-state index contributed by atoms with van der Waals surface area (Å²) in [6.07, 6.45) is 1.43. The standard InChI is InChI=1S/C9H13N3O2/c1-6(2)5-11-7-3-4-10-8(12-7)9(13)14/h3-4,6H,5H2,1-2H3,(H,13,14)(H,10,11,12). The Hall–Kier alpha value is -1.65. The van der Waals surface area contributed by atoms with E-state index < -0.39 is 5.97 Å². The molecule has 0 aliphatic rings. The summed E-state index contributed by atoms with van der Waals surface area (Å²) in [5.41, 5.74) is 0. The van der Waals surface area contributed by atoms with Gasteiger partial charge in [0.2, 0.25) is 5.82 Å². The minimum atomic E-state index is -1.11. The Kier molecular flexibility index (Phi) is 3.39. The molecule has 0 aliphatic heterocycles. The molecular formula is C9H13N3O2. The maximum Gasteiger partial charge on any atom is 0.374 e. The van der Waals surface area contributed by atoms with E-state index in [9.17, 15) is 4.79 Å². The molecule has 5 nitrogen and oxygen atoms in total. The van der Waals surface area contributed by atoms with Gasteiger partial charge in [0, 0.05) is 12.7 Å². The van der Waals surface area contributed by atoms with E-state index in [1.807, 2.05) is 0 Å². The van der Waals surface area contributed by atoms with Crippen molar-refractivity contribution in [1.29, 1.82) is 0 Å². The fourth-order valence-electron chi connectivity index (χ4n) is 0.869. The number of hydrogen-bond donors (Lipinski definition) is 2. The normalized spacial score (nSPS) is 10.2. The molecule has 5 heteroatoms. The average Bonchev–Trinajstić information content (AvgIpc) is 2.15. The number of aromatic carboxylic acids is 1. The van der Waals surface area contributed by atoms with E-state index in [1.54, 1.807) is 6.07 Å². The summed E-state index contributed by atoms with van der Waals surface area (Å²) >= 11 is 0. The topological polar surface area (TPSA) is 75.1 Å². The molecule has 0 unspecified atom stereocenters. The molecule has 0 atom stereocenters. The van der Waals surface area contributed by atoms with Gasteiger partial charge in [-0.3, -0.25) is 0 Å². The van der Waals surface area contributed by atoms with Crippen molar-refractivity contribution in [3.63, 3.8) is 0 Å². The van der Waals surface area contributed by atoms with E-state index in [0.717, 1.165) is 6.54 Å². The molecule has 0 saturated heterocycles. The molecular weight excluding hydrogens is 182 g/mol. The third-order valence-electron chi connectivity index (χ3n) is 1.54. The van der Waals surface area contributed by atoms with Crippen LogP contribution in [0, 0.1) is 5.92 Å². The lowest BCUT2D eigenvalue weighted by atomic mass is 10.2. The van der Waals surface area contributed by atoms with E-state index in [0.29, 0.717) is 11.7 Å². The molecule has 0 radical (unpaired) electrons. The summed E-state index contributed by atoms with van der Waals surface area (Å²) in [5, 5.41) is 11.7. The van der Waals surface area contributed by atoms with Crippen molar-refractivity contribution in [2.24, 2.45) is 5.92 Å². The molecule has 1 rings (SSSR count). The highest BCUT2D eigenvalue weighted by Gasteiger charge is 2.06. The van der Waals surface area contributed by atoms with Crippen LogP contribution in [-0.4, -0.2) is 27.6 Å². The number of aromatic nitrogens is 2. The van der Waals surface area contributed by atoms with Crippen LogP contribution < -0.4 is 5.32 Å². The predicted molar refractivity (Wildman–Crippen MR) is 52.3 cm³/mol. The maximum absolute atomic E-state index is 10.5. The van der Waals surface area contributed by atoms with Crippen LogP contribution in [0.15, 0.2) is 12.3 Å². The van der Waals surface area contributed by atoms with Crippen LogP contribution in [-0.2, 0) is 0 Å². The number of carboxylic acids is 1. The van der Waals surface area contributed by atoms with Gasteiger partial charge in [-0.15, -0.1) is 0 Å². The summed E-state index contributed by atoms with van der Waals surface area (Å²) in [6.45, 7) is 4.88. The van der Waals surface area contributed by atoms with Crippen LogP contribution in [0.3, 0.4) is 0 Å². The number of rotatable bonds is 4. The molecule has 0 bridgehead atoms. The molecule has 0 aliphatic carbocycles. The largest absolute Gasteiger partial charge is 0.475 e. The Morgan fingerprint density at radius 2 is 2.36 bits per heavy atom. The van der Waals surface area contributed by atoms with Gasteiger partial charge in [0.25, 0.3) is 0 Å². The third-order valence-corrected chi connectivity index (χ3v) is 1.54. The van der Waals surface area contributed by atoms with Crippen LogP contribution in [0.2, 0.25) is 0 Å². The van der Waals surface area contributed by atoms with Gasteiger partial charge >= 0.3 is 5.97 Å². The first-order valence-corrected chi connectivity index (χ1v) is 4.40. The van der Waals surface area contributed by atoms with E-state index in [1.165, 1.54) is 6.20 Å². The van der Waals surface area contributed by atoms with Crippen molar-refractivity contribution < 1.29 is 9.90 Å². The zero-order chi connectivity index (χ0) is 10.6.